The number of nitrogens with two attached hydrogens (primary N) is 1. The van der Waals surface area contributed by atoms with Gasteiger partial charge in [0.15, 0.2) is 0 Å². The Bertz CT molecular complexity index is 318. The molecule has 1 amide bonds. The lowest BCUT2D eigenvalue weighted by molar-refractivity contribution is -0.162. The van der Waals surface area contributed by atoms with Gasteiger partial charge in [0.05, 0.1) is 0 Å². The quantitative estimate of drug-likeness (QED) is 0.588. The van der Waals surface area contributed by atoms with Crippen LogP contribution in [-0.4, -0.2) is 39.0 Å². The van der Waals surface area contributed by atoms with Gasteiger partial charge in [-0.15, -0.1) is 11.8 Å². The Balaban J connectivity index is 2.32. The van der Waals surface area contributed by atoms with Crippen molar-refractivity contribution >= 4 is 23.6 Å². The first-order valence-electron chi connectivity index (χ1n) is 4.32. The summed E-state index contributed by atoms with van der Waals surface area (Å²) in [4.78, 5) is 23.6. The van der Waals surface area contributed by atoms with Gasteiger partial charge < -0.3 is 10.6 Å². The zero-order valence-corrected chi connectivity index (χ0v) is 8.71. The lowest BCUT2D eigenvalue weighted by Crippen LogP contribution is -2.68. The third kappa shape index (κ3) is 1.01. The monoisotopic (exact) mass is 215 g/mol. The molecule has 5 nitrogen and oxygen atoms in total. The number of fused-ring (bicyclic) bond motifs is 1. The normalized spacial score (nSPS) is 39.2. The first-order chi connectivity index (χ1) is 6.36. The number of carbonyl (C=O) groups is 2. The number of amides is 1. The van der Waals surface area contributed by atoms with Crippen LogP contribution in [0.15, 0.2) is 0 Å². The molecule has 1 radical (unpaired) electrons. The highest BCUT2D eigenvalue weighted by Crippen LogP contribution is 2.50. The summed E-state index contributed by atoms with van der Waals surface area (Å²) in [6, 6.07) is -1.41. The van der Waals surface area contributed by atoms with Crippen molar-refractivity contribution in [3.05, 3.63) is 0 Å². The van der Waals surface area contributed by atoms with Crippen LogP contribution in [0, 0.1) is 0 Å². The zero-order chi connectivity index (χ0) is 10.7. The minimum Gasteiger partial charge on any atom is -0.317 e. The maximum Gasteiger partial charge on any atom is 0.379 e. The summed E-state index contributed by atoms with van der Waals surface area (Å²) in [5.41, 5.74) is 5.57. The van der Waals surface area contributed by atoms with Crippen LogP contribution in [0.2, 0.25) is 0 Å². The van der Waals surface area contributed by atoms with Crippen molar-refractivity contribution < 1.29 is 14.7 Å². The number of hydrogen-bond acceptors (Lipinski definition) is 4. The van der Waals surface area contributed by atoms with Gasteiger partial charge in [-0.05, 0) is 13.8 Å². The van der Waals surface area contributed by atoms with Crippen LogP contribution < -0.4 is 5.73 Å². The van der Waals surface area contributed by atoms with Gasteiger partial charge in [0.1, 0.15) is 17.5 Å². The average molecular weight is 215 g/mol. The highest BCUT2D eigenvalue weighted by atomic mass is 32.2. The average Bonchev–Trinajstić information content (AvgIpc) is 2.34. The van der Waals surface area contributed by atoms with Crippen molar-refractivity contribution in [1.29, 1.82) is 0 Å². The minimum atomic E-state index is -1.20. The number of nitrogens with zero attached hydrogens (tertiary/aromatic N) is 1. The predicted octanol–water partition coefficient (Wildman–Crippen LogP) is -0.667. The number of thioether (sulfide) groups is 1. The van der Waals surface area contributed by atoms with Gasteiger partial charge in [-0.1, -0.05) is 0 Å². The Morgan fingerprint density at radius 2 is 2.14 bits per heavy atom. The number of carbonyl (C=O) groups excluding carboxylic acids is 2. The van der Waals surface area contributed by atoms with E-state index in [1.54, 1.807) is 13.8 Å². The Hall–Kier alpha value is -0.750. The summed E-state index contributed by atoms with van der Waals surface area (Å²) in [5.74, 6) is -1.49. The molecule has 2 aliphatic heterocycles. The number of rotatable bonds is 1. The summed E-state index contributed by atoms with van der Waals surface area (Å²) in [6.07, 6.45) is 0. The topological polar surface area (TPSA) is 83.3 Å². The van der Waals surface area contributed by atoms with Crippen molar-refractivity contribution in [3.63, 3.8) is 0 Å². The fourth-order valence-electron chi connectivity index (χ4n) is 2.02. The molecule has 6 heteroatoms. The molecule has 0 aromatic heterocycles. The SMILES string of the molecule is CC1(C)S[C@@H]2[C@H](N)C(=O)N2[C@H]1C([O])=O. The van der Waals surface area contributed by atoms with E-state index < -0.39 is 22.8 Å². The van der Waals surface area contributed by atoms with Crippen molar-refractivity contribution in [3.8, 4) is 0 Å². The third-order valence-corrected chi connectivity index (χ3v) is 4.30. The zero-order valence-electron chi connectivity index (χ0n) is 7.89. The van der Waals surface area contributed by atoms with Gasteiger partial charge in [0.25, 0.3) is 0 Å². The van der Waals surface area contributed by atoms with E-state index in [-0.39, 0.29) is 11.3 Å². The Labute approximate surface area is 85.6 Å². The molecule has 2 heterocycles. The van der Waals surface area contributed by atoms with Crippen LogP contribution in [0.3, 0.4) is 0 Å². The largest absolute Gasteiger partial charge is 0.379 e. The first-order valence-corrected chi connectivity index (χ1v) is 5.20. The molecule has 77 valence electrons. The van der Waals surface area contributed by atoms with E-state index in [0.29, 0.717) is 0 Å². The third-order valence-electron chi connectivity index (χ3n) is 2.71. The Morgan fingerprint density at radius 3 is 2.64 bits per heavy atom. The highest BCUT2D eigenvalue weighted by Gasteiger charge is 2.63. The maximum atomic E-state index is 11.3. The predicted molar refractivity (Wildman–Crippen MR) is 49.8 cm³/mol. The molecule has 2 aliphatic rings. The smallest absolute Gasteiger partial charge is 0.317 e. The fraction of sp³-hybridized carbons (Fsp3) is 0.750. The fourth-order valence-corrected chi connectivity index (χ4v) is 3.59. The van der Waals surface area contributed by atoms with Crippen molar-refractivity contribution in [2.24, 2.45) is 5.73 Å². The minimum absolute atomic E-state index is 0.194. The number of β-lactam (4-membered cyclic amide) rings is 1. The second kappa shape index (κ2) is 2.64. The lowest BCUT2D eigenvalue weighted by atomic mass is 9.96. The summed E-state index contributed by atoms with van der Waals surface area (Å²) < 4.78 is -0.521. The molecule has 3 atom stereocenters. The lowest BCUT2D eigenvalue weighted by Gasteiger charge is -2.41. The maximum absolute atomic E-state index is 11.3. The molecule has 0 aromatic carbocycles. The van der Waals surface area contributed by atoms with Crippen LogP contribution in [-0.2, 0) is 14.7 Å². The van der Waals surface area contributed by atoms with Crippen molar-refractivity contribution in [1.82, 2.24) is 4.90 Å². The summed E-state index contributed by atoms with van der Waals surface area (Å²) in [7, 11) is 0. The van der Waals surface area contributed by atoms with Gasteiger partial charge in [-0.2, -0.15) is 0 Å². The van der Waals surface area contributed by atoms with Crippen molar-refractivity contribution in [2.45, 2.75) is 36.1 Å². The van der Waals surface area contributed by atoms with E-state index in [4.69, 9.17) is 5.73 Å². The van der Waals surface area contributed by atoms with E-state index >= 15 is 0 Å². The molecule has 2 fully saturated rings. The van der Waals surface area contributed by atoms with Gasteiger partial charge in [0, 0.05) is 4.75 Å². The van der Waals surface area contributed by atoms with E-state index in [0.717, 1.165) is 0 Å². The molecule has 14 heavy (non-hydrogen) atoms. The van der Waals surface area contributed by atoms with E-state index in [1.807, 2.05) is 0 Å². The molecule has 0 aromatic rings. The summed E-state index contributed by atoms with van der Waals surface area (Å²) >= 11 is 1.43. The van der Waals surface area contributed by atoms with Crippen LogP contribution in [0.5, 0.6) is 0 Å². The van der Waals surface area contributed by atoms with Crippen LogP contribution in [0.1, 0.15) is 13.8 Å². The molecule has 0 unspecified atom stereocenters. The van der Waals surface area contributed by atoms with Crippen LogP contribution in [0.25, 0.3) is 0 Å². The Morgan fingerprint density at radius 1 is 1.57 bits per heavy atom. The molecule has 0 spiro atoms. The van der Waals surface area contributed by atoms with E-state index in [1.165, 1.54) is 16.7 Å². The Kier molecular flexibility index (Phi) is 1.84. The van der Waals surface area contributed by atoms with Gasteiger partial charge in [-0.3, -0.25) is 4.79 Å². The molecular weight excluding hydrogens is 204 g/mol. The molecular formula is C8H11N2O3S. The standard InChI is InChI=1S/C8H11N2O3S/c1-8(2)4(7(12)13)10-5(11)3(9)6(10)14-8/h3-4,6H,9H2,1-2H3/t3-,4+,6-/m1/s1. The van der Waals surface area contributed by atoms with Gasteiger partial charge >= 0.3 is 5.97 Å². The van der Waals surface area contributed by atoms with E-state index in [9.17, 15) is 14.7 Å². The highest BCUT2D eigenvalue weighted by molar-refractivity contribution is 8.01. The van der Waals surface area contributed by atoms with Gasteiger partial charge in [-0.25, -0.2) is 9.90 Å². The first kappa shape index (κ1) is 9.79. The second-order valence-corrected chi connectivity index (χ2v) is 5.88. The second-order valence-electron chi connectivity index (χ2n) is 4.10. The van der Waals surface area contributed by atoms with Crippen molar-refractivity contribution in [2.75, 3.05) is 0 Å². The molecule has 2 saturated heterocycles. The number of hydrogen-bond donors (Lipinski definition) is 1. The van der Waals surface area contributed by atoms with Gasteiger partial charge in [0.2, 0.25) is 5.91 Å². The summed E-state index contributed by atoms with van der Waals surface area (Å²) in [5, 5.41) is 10.7. The van der Waals surface area contributed by atoms with Crippen LogP contribution in [0.4, 0.5) is 0 Å². The van der Waals surface area contributed by atoms with Crippen LogP contribution >= 0.6 is 11.8 Å². The summed E-state index contributed by atoms with van der Waals surface area (Å²) in [6.45, 7) is 3.58. The molecule has 2 rings (SSSR count). The molecule has 0 aliphatic carbocycles. The molecule has 0 bridgehead atoms. The molecule has 2 N–H and O–H groups in total. The van der Waals surface area contributed by atoms with E-state index in [2.05, 4.69) is 0 Å². The molecule has 0 saturated carbocycles.